The molecule has 4 aliphatic rings. The third-order valence-electron chi connectivity index (χ3n) is 5.81. The van der Waals surface area contributed by atoms with E-state index in [1.54, 1.807) is 0 Å². The maximum atomic E-state index is 10.1. The normalized spacial score (nSPS) is 50.2. The monoisotopic (exact) mass is 314 g/mol. The van der Waals surface area contributed by atoms with Crippen LogP contribution in [0.1, 0.15) is 27.2 Å². The van der Waals surface area contributed by atoms with Gasteiger partial charge in [0.15, 0.2) is 6.29 Å². The van der Waals surface area contributed by atoms with Gasteiger partial charge in [0.2, 0.25) is 0 Å². The highest BCUT2D eigenvalue weighted by Gasteiger charge is 2.60. The Balaban J connectivity index is 1.73. The van der Waals surface area contributed by atoms with Gasteiger partial charge in [0.25, 0.3) is 0 Å². The van der Waals surface area contributed by atoms with Crippen LogP contribution in [0.4, 0.5) is 0 Å². The molecule has 126 valence electrons. The molecule has 1 saturated carbocycles. The van der Waals surface area contributed by atoms with Crippen molar-refractivity contribution in [3.8, 4) is 0 Å². The second-order valence-corrected chi connectivity index (χ2v) is 7.39. The summed E-state index contributed by atoms with van der Waals surface area (Å²) in [5.41, 5.74) is 1.43. The Morgan fingerprint density at radius 3 is 2.45 bits per heavy atom. The molecule has 4 N–H and O–H groups in total. The summed E-state index contributed by atoms with van der Waals surface area (Å²) in [7, 11) is 0. The van der Waals surface area contributed by atoms with Gasteiger partial charge in [-0.3, -0.25) is 0 Å². The van der Waals surface area contributed by atoms with E-state index in [9.17, 15) is 20.4 Å². The van der Waals surface area contributed by atoms with E-state index in [1.165, 1.54) is 5.57 Å². The van der Waals surface area contributed by atoms with Gasteiger partial charge in [0.1, 0.15) is 24.4 Å². The zero-order valence-electron chi connectivity index (χ0n) is 13.2. The van der Waals surface area contributed by atoms with E-state index in [-0.39, 0.29) is 17.4 Å². The summed E-state index contributed by atoms with van der Waals surface area (Å²) in [5.74, 6) is 0.604. The first kappa shape index (κ1) is 16.4. The van der Waals surface area contributed by atoms with E-state index in [2.05, 4.69) is 26.8 Å². The van der Waals surface area contributed by atoms with Gasteiger partial charge in [-0.2, -0.15) is 0 Å². The van der Waals surface area contributed by atoms with Crippen LogP contribution < -0.4 is 0 Å². The molecule has 1 saturated heterocycles. The lowest BCUT2D eigenvalue weighted by Crippen LogP contribution is -2.65. The van der Waals surface area contributed by atoms with Gasteiger partial charge in [0.05, 0.1) is 12.7 Å². The molecular formula is C16H26O6. The Labute approximate surface area is 130 Å². The van der Waals surface area contributed by atoms with Gasteiger partial charge in [-0.25, -0.2) is 0 Å². The van der Waals surface area contributed by atoms with Crippen molar-refractivity contribution in [2.24, 2.45) is 17.3 Å². The van der Waals surface area contributed by atoms with Crippen LogP contribution in [0.25, 0.3) is 0 Å². The summed E-state index contributed by atoms with van der Waals surface area (Å²) < 4.78 is 11.4. The second-order valence-electron chi connectivity index (χ2n) is 7.39. The summed E-state index contributed by atoms with van der Waals surface area (Å²) in [5, 5.41) is 39.0. The first-order valence-corrected chi connectivity index (χ1v) is 7.91. The van der Waals surface area contributed by atoms with Crippen molar-refractivity contribution in [1.29, 1.82) is 0 Å². The molecule has 1 aliphatic heterocycles. The van der Waals surface area contributed by atoms with Crippen LogP contribution in [0, 0.1) is 17.3 Å². The minimum atomic E-state index is -1.39. The van der Waals surface area contributed by atoms with E-state index in [4.69, 9.17) is 9.47 Å². The number of aliphatic hydroxyl groups is 4. The van der Waals surface area contributed by atoms with E-state index >= 15 is 0 Å². The standard InChI is InChI=1S/C16H26O6/c1-7-4-5-8-14(10(7)16(8,2)3)22-15-13(20)12(19)11(18)9(6-17)21-15/h4,8-15,17-20H,5-6H2,1-3H3/t8-,9-,10+,11+,12+,13-,14-,15+/m1/s1. The summed E-state index contributed by atoms with van der Waals surface area (Å²) in [6, 6.07) is 0. The number of aliphatic hydroxyl groups excluding tert-OH is 4. The molecule has 0 aromatic heterocycles. The molecule has 1 heterocycles. The lowest BCUT2D eigenvalue weighted by atomic mass is 9.47. The quantitative estimate of drug-likeness (QED) is 0.538. The molecule has 0 aromatic carbocycles. The molecule has 8 atom stereocenters. The molecule has 22 heavy (non-hydrogen) atoms. The molecule has 6 heteroatoms. The molecule has 0 aromatic rings. The van der Waals surface area contributed by atoms with Crippen molar-refractivity contribution in [2.75, 3.05) is 6.61 Å². The van der Waals surface area contributed by atoms with Crippen LogP contribution in [0.3, 0.4) is 0 Å². The minimum Gasteiger partial charge on any atom is -0.394 e. The van der Waals surface area contributed by atoms with Crippen LogP contribution in [-0.4, -0.2) is 63.8 Å². The summed E-state index contributed by atoms with van der Waals surface area (Å²) in [6.45, 7) is 6.08. The zero-order chi connectivity index (χ0) is 16.2. The molecule has 2 fully saturated rings. The third kappa shape index (κ3) is 2.25. The number of fused-ring (bicyclic) bond motifs is 1. The molecule has 2 bridgehead atoms. The first-order valence-electron chi connectivity index (χ1n) is 7.91. The zero-order valence-corrected chi connectivity index (χ0v) is 13.2. The van der Waals surface area contributed by atoms with Gasteiger partial charge >= 0.3 is 0 Å². The lowest BCUT2D eigenvalue weighted by molar-refractivity contribution is -0.339. The summed E-state index contributed by atoms with van der Waals surface area (Å²) in [6.07, 6.45) is -2.93. The number of rotatable bonds is 3. The van der Waals surface area contributed by atoms with Gasteiger partial charge in [-0.1, -0.05) is 25.5 Å². The van der Waals surface area contributed by atoms with Crippen LogP contribution in [0.15, 0.2) is 11.6 Å². The molecule has 0 radical (unpaired) electrons. The average Bonchev–Trinajstić information content (AvgIpc) is 2.47. The third-order valence-corrected chi connectivity index (χ3v) is 5.81. The van der Waals surface area contributed by atoms with E-state index in [1.807, 2.05) is 0 Å². The topological polar surface area (TPSA) is 99.4 Å². The Morgan fingerprint density at radius 1 is 1.23 bits per heavy atom. The van der Waals surface area contributed by atoms with E-state index in [0.717, 1.165) is 6.42 Å². The fourth-order valence-electron chi connectivity index (χ4n) is 4.42. The Kier molecular flexibility index (Phi) is 4.12. The van der Waals surface area contributed by atoms with Crippen LogP contribution in [-0.2, 0) is 9.47 Å². The highest BCUT2D eigenvalue weighted by atomic mass is 16.7. The van der Waals surface area contributed by atoms with Crippen molar-refractivity contribution < 1.29 is 29.9 Å². The first-order chi connectivity index (χ1) is 10.3. The molecule has 0 unspecified atom stereocenters. The predicted molar refractivity (Wildman–Crippen MR) is 77.8 cm³/mol. The van der Waals surface area contributed by atoms with Gasteiger partial charge in [-0.15, -0.1) is 0 Å². The van der Waals surface area contributed by atoms with Crippen molar-refractivity contribution in [3.63, 3.8) is 0 Å². The van der Waals surface area contributed by atoms with Crippen molar-refractivity contribution in [1.82, 2.24) is 0 Å². The fraction of sp³-hybridized carbons (Fsp3) is 0.875. The van der Waals surface area contributed by atoms with Crippen LogP contribution >= 0.6 is 0 Å². The van der Waals surface area contributed by atoms with Crippen LogP contribution in [0.5, 0.6) is 0 Å². The largest absolute Gasteiger partial charge is 0.394 e. The molecular weight excluding hydrogens is 288 g/mol. The number of ether oxygens (including phenoxy) is 2. The van der Waals surface area contributed by atoms with Crippen molar-refractivity contribution >= 4 is 0 Å². The summed E-state index contributed by atoms with van der Waals surface area (Å²) >= 11 is 0. The highest BCUT2D eigenvalue weighted by molar-refractivity contribution is 5.25. The maximum Gasteiger partial charge on any atom is 0.187 e. The highest BCUT2D eigenvalue weighted by Crippen LogP contribution is 2.60. The van der Waals surface area contributed by atoms with E-state index in [0.29, 0.717) is 5.92 Å². The molecule has 0 spiro atoms. The fourth-order valence-corrected chi connectivity index (χ4v) is 4.42. The SMILES string of the molecule is CC1=CC[C@@H]2[C@@H](O[C@@H]3O[C@H](CO)[C@H](O)[C@H](O)[C@H]3O)[C@H]1C2(C)C. The Bertz CT molecular complexity index is 460. The Hall–Kier alpha value is -0.500. The van der Waals surface area contributed by atoms with E-state index < -0.39 is 37.3 Å². The van der Waals surface area contributed by atoms with Gasteiger partial charge < -0.3 is 29.9 Å². The van der Waals surface area contributed by atoms with Gasteiger partial charge in [0, 0.05) is 5.92 Å². The minimum absolute atomic E-state index is 0.0681. The maximum absolute atomic E-state index is 10.1. The molecule has 4 rings (SSSR count). The molecule has 6 nitrogen and oxygen atoms in total. The smallest absolute Gasteiger partial charge is 0.187 e. The summed E-state index contributed by atoms with van der Waals surface area (Å²) in [4.78, 5) is 0. The lowest BCUT2D eigenvalue weighted by Gasteiger charge is -2.62. The Morgan fingerprint density at radius 2 is 1.91 bits per heavy atom. The average molecular weight is 314 g/mol. The predicted octanol–water partition coefficient (Wildman–Crippen LogP) is -0.206. The van der Waals surface area contributed by atoms with Crippen molar-refractivity contribution in [2.45, 2.75) is 64.0 Å². The molecule has 0 amide bonds. The van der Waals surface area contributed by atoms with Gasteiger partial charge in [-0.05, 0) is 24.7 Å². The number of allylic oxidation sites excluding steroid dienone is 1. The number of hydrogen-bond donors (Lipinski definition) is 4. The molecule has 3 aliphatic carbocycles. The second kappa shape index (κ2) is 5.54. The van der Waals surface area contributed by atoms with Crippen LogP contribution in [0.2, 0.25) is 0 Å². The van der Waals surface area contributed by atoms with Crippen molar-refractivity contribution in [3.05, 3.63) is 11.6 Å². The number of hydrogen-bond acceptors (Lipinski definition) is 6.